The monoisotopic (exact) mass is 346 g/mol. The van der Waals surface area contributed by atoms with E-state index in [2.05, 4.69) is 21.0 Å². The smallest absolute Gasteiger partial charge is 0.269 e. The Hall–Kier alpha value is -1.53. The van der Waals surface area contributed by atoms with E-state index in [4.69, 9.17) is 26.2 Å². The van der Waals surface area contributed by atoms with Crippen LogP contribution in [0.25, 0.3) is 0 Å². The molecule has 0 saturated carbocycles. The van der Waals surface area contributed by atoms with E-state index >= 15 is 0 Å². The van der Waals surface area contributed by atoms with Crippen LogP contribution in [0, 0.1) is 6.88 Å². The molecule has 0 saturated heterocycles. The number of hydrogen-bond acceptors (Lipinski definition) is 4. The molecule has 0 unspecified atom stereocenters. The number of nitrogens with zero attached hydrogens (tertiary/aromatic N) is 2. The SMILES string of the molecule is [2H]c1c(Oc2c(Cl)cc(N)cc2Br)nn(C)c(=O)c1C([2H])[2H]. The molecule has 0 aliphatic carbocycles. The molecule has 2 N–H and O–H groups in total. The van der Waals surface area contributed by atoms with Gasteiger partial charge in [-0.3, -0.25) is 4.79 Å². The third-order valence-corrected chi connectivity index (χ3v) is 3.10. The summed E-state index contributed by atoms with van der Waals surface area (Å²) in [5.41, 5.74) is 5.05. The van der Waals surface area contributed by atoms with Gasteiger partial charge in [0.05, 0.1) is 10.9 Å². The van der Waals surface area contributed by atoms with Gasteiger partial charge in [0, 0.05) is 27.1 Å². The molecule has 7 heteroatoms. The minimum absolute atomic E-state index is 0.174. The van der Waals surface area contributed by atoms with E-state index < -0.39 is 18.5 Å². The summed E-state index contributed by atoms with van der Waals surface area (Å²) in [5.74, 6) is -0.0538. The lowest BCUT2D eigenvalue weighted by atomic mass is 10.3. The molecule has 2 rings (SSSR count). The fourth-order valence-electron chi connectivity index (χ4n) is 1.37. The van der Waals surface area contributed by atoms with Crippen LogP contribution in [0.3, 0.4) is 0 Å². The van der Waals surface area contributed by atoms with Crippen molar-refractivity contribution in [3.8, 4) is 11.6 Å². The van der Waals surface area contributed by atoms with Crippen molar-refractivity contribution in [2.24, 2.45) is 7.05 Å². The van der Waals surface area contributed by atoms with Crippen LogP contribution in [0.5, 0.6) is 11.6 Å². The van der Waals surface area contributed by atoms with Crippen molar-refractivity contribution in [3.05, 3.63) is 43.6 Å². The lowest BCUT2D eigenvalue weighted by molar-refractivity contribution is 0.437. The number of aryl methyl sites for hydroxylation is 1. The molecule has 0 aliphatic rings. The van der Waals surface area contributed by atoms with Crippen molar-refractivity contribution in [3.63, 3.8) is 0 Å². The highest BCUT2D eigenvalue weighted by Gasteiger charge is 2.12. The van der Waals surface area contributed by atoms with Gasteiger partial charge in [0.1, 0.15) is 0 Å². The Bertz CT molecular complexity index is 775. The van der Waals surface area contributed by atoms with Gasteiger partial charge in [-0.05, 0) is 34.9 Å². The van der Waals surface area contributed by atoms with Crippen molar-refractivity contribution in [1.29, 1.82) is 0 Å². The molecule has 100 valence electrons. The van der Waals surface area contributed by atoms with E-state index in [1.165, 1.54) is 13.1 Å². The molecule has 0 amide bonds. The maximum atomic E-state index is 11.8. The Kier molecular flexibility index (Phi) is 2.83. The highest BCUT2D eigenvalue weighted by molar-refractivity contribution is 9.10. The maximum absolute atomic E-state index is 11.8. The number of ether oxygens (including phenoxy) is 1. The molecule has 1 heterocycles. The molecule has 0 bridgehead atoms. The molecule has 0 radical (unpaired) electrons. The van der Waals surface area contributed by atoms with Gasteiger partial charge in [-0.15, -0.1) is 5.10 Å². The molecule has 1 aromatic heterocycles. The van der Waals surface area contributed by atoms with Gasteiger partial charge in [-0.1, -0.05) is 11.6 Å². The number of anilines is 1. The predicted octanol–water partition coefficient (Wildman–Crippen LogP) is 2.88. The Morgan fingerprint density at radius 3 is 3.00 bits per heavy atom. The van der Waals surface area contributed by atoms with E-state index in [-0.39, 0.29) is 22.2 Å². The molecule has 1 aromatic carbocycles. The van der Waals surface area contributed by atoms with Gasteiger partial charge in [0.2, 0.25) is 5.88 Å². The number of nitrogens with two attached hydrogens (primary N) is 1. The highest BCUT2D eigenvalue weighted by atomic mass is 79.9. The first-order chi connectivity index (χ1) is 10.2. The van der Waals surface area contributed by atoms with Crippen molar-refractivity contribution in [2.45, 2.75) is 6.88 Å². The van der Waals surface area contributed by atoms with Gasteiger partial charge in [0.25, 0.3) is 5.56 Å². The third-order valence-electron chi connectivity index (χ3n) is 2.23. The highest BCUT2D eigenvalue weighted by Crippen LogP contribution is 2.37. The molecule has 5 nitrogen and oxygen atoms in total. The van der Waals surface area contributed by atoms with E-state index in [9.17, 15) is 4.79 Å². The maximum Gasteiger partial charge on any atom is 0.269 e. The van der Waals surface area contributed by atoms with Crippen molar-refractivity contribution < 1.29 is 8.85 Å². The number of rotatable bonds is 2. The van der Waals surface area contributed by atoms with Gasteiger partial charge >= 0.3 is 0 Å². The Morgan fingerprint density at radius 2 is 2.37 bits per heavy atom. The standard InChI is InChI=1S/C12H11BrClN3O2/c1-6-3-10(16-17(2)12(6)18)19-11-8(13)4-7(15)5-9(11)14/h3-5H,15H2,1-2H3/i1D2,3D. The van der Waals surface area contributed by atoms with Crippen LogP contribution >= 0.6 is 27.5 Å². The fourth-order valence-corrected chi connectivity index (χ4v) is 2.31. The van der Waals surface area contributed by atoms with Crippen molar-refractivity contribution in [1.82, 2.24) is 9.78 Å². The Morgan fingerprint density at radius 1 is 1.63 bits per heavy atom. The van der Waals surface area contributed by atoms with Crippen molar-refractivity contribution >= 4 is 33.2 Å². The molecule has 0 atom stereocenters. The summed E-state index contributed by atoms with van der Waals surface area (Å²) in [6, 6.07) is 2.61. The lowest BCUT2D eigenvalue weighted by Crippen LogP contribution is -2.21. The summed E-state index contributed by atoms with van der Waals surface area (Å²) in [5, 5.41) is 4.02. The molecule has 2 aromatic rings. The van der Waals surface area contributed by atoms with Crippen molar-refractivity contribution in [2.75, 3.05) is 5.73 Å². The van der Waals surface area contributed by atoms with Gasteiger partial charge in [-0.25, -0.2) is 4.68 Å². The Labute approximate surface area is 127 Å². The van der Waals surface area contributed by atoms with Gasteiger partial charge in [-0.2, -0.15) is 0 Å². The van der Waals surface area contributed by atoms with Crippen LogP contribution in [-0.4, -0.2) is 9.78 Å². The largest absolute Gasteiger partial charge is 0.435 e. The number of aromatic nitrogens is 2. The molecular weight excluding hydrogens is 334 g/mol. The molecule has 0 fully saturated rings. The fraction of sp³-hybridized carbons (Fsp3) is 0.167. The average Bonchev–Trinajstić information content (AvgIpc) is 2.39. The van der Waals surface area contributed by atoms with Crippen LogP contribution in [0.15, 0.2) is 27.4 Å². The summed E-state index contributed by atoms with van der Waals surface area (Å²) in [6.45, 7) is -1.62. The second kappa shape index (κ2) is 5.22. The quantitative estimate of drug-likeness (QED) is 0.848. The van der Waals surface area contributed by atoms with E-state index in [0.29, 0.717) is 10.2 Å². The zero-order valence-electron chi connectivity index (χ0n) is 12.8. The summed E-state index contributed by atoms with van der Waals surface area (Å²) in [6.07, 6.45) is 0. The zero-order valence-corrected chi connectivity index (χ0v) is 12.1. The molecule has 0 spiro atoms. The van der Waals surface area contributed by atoms with E-state index in [1.807, 2.05) is 0 Å². The molecule has 0 aliphatic heterocycles. The third kappa shape index (κ3) is 2.90. The number of nitrogen functional groups attached to an aromatic ring is 1. The first kappa shape index (κ1) is 10.3. The molecule has 19 heavy (non-hydrogen) atoms. The van der Waals surface area contributed by atoms with E-state index in [0.717, 1.165) is 4.68 Å². The van der Waals surface area contributed by atoms with Gasteiger partial charge in [0.15, 0.2) is 5.75 Å². The summed E-state index contributed by atoms with van der Waals surface area (Å²) >= 11 is 9.28. The van der Waals surface area contributed by atoms with Crippen LogP contribution in [0.4, 0.5) is 5.69 Å². The normalized spacial score (nSPS) is 12.9. The summed E-state index contributed by atoms with van der Waals surface area (Å²) in [7, 11) is 1.35. The minimum Gasteiger partial charge on any atom is -0.435 e. The van der Waals surface area contributed by atoms with Crippen LogP contribution in [0.1, 0.15) is 9.68 Å². The summed E-state index contributed by atoms with van der Waals surface area (Å²) < 4.78 is 29.5. The first-order valence-electron chi connectivity index (χ1n) is 6.72. The van der Waals surface area contributed by atoms with Crippen LogP contribution in [0.2, 0.25) is 5.02 Å². The number of halogens is 2. The Balaban J connectivity index is 2.59. The lowest BCUT2D eigenvalue weighted by Gasteiger charge is -2.10. The predicted molar refractivity (Wildman–Crippen MR) is 77.9 cm³/mol. The van der Waals surface area contributed by atoms with Crippen LogP contribution in [-0.2, 0) is 7.05 Å². The van der Waals surface area contributed by atoms with Gasteiger partial charge < -0.3 is 10.5 Å². The second-order valence-corrected chi connectivity index (χ2v) is 4.95. The second-order valence-electron chi connectivity index (χ2n) is 3.69. The zero-order chi connectivity index (χ0) is 16.6. The number of benzene rings is 1. The number of hydrogen-bond donors (Lipinski definition) is 1. The van der Waals surface area contributed by atoms with E-state index in [1.54, 1.807) is 6.07 Å². The minimum atomic E-state index is -1.62. The summed E-state index contributed by atoms with van der Waals surface area (Å²) in [4.78, 5) is 11.8. The van der Waals surface area contributed by atoms with Crippen LogP contribution < -0.4 is 16.0 Å². The molecular formula is C12H11BrClN3O2. The average molecular weight is 348 g/mol. The first-order valence-corrected chi connectivity index (χ1v) is 6.24. The topological polar surface area (TPSA) is 70.1 Å².